The highest BCUT2D eigenvalue weighted by Crippen LogP contribution is 2.27. The van der Waals surface area contributed by atoms with E-state index in [0.717, 1.165) is 5.56 Å². The number of nitrogens with one attached hydrogen (secondary N) is 1. The van der Waals surface area contributed by atoms with Gasteiger partial charge in [0.1, 0.15) is 18.0 Å². The van der Waals surface area contributed by atoms with E-state index in [-0.39, 0.29) is 23.8 Å². The first-order valence-electron chi connectivity index (χ1n) is 5.32. The summed E-state index contributed by atoms with van der Waals surface area (Å²) in [7, 11) is 0. The van der Waals surface area contributed by atoms with Gasteiger partial charge in [-0.25, -0.2) is 0 Å². The SMILES string of the molecule is CC(=O)NCC(O)C(O)c1cc(C)ccc1O. The third-order valence-corrected chi connectivity index (χ3v) is 2.43. The molecule has 1 aromatic carbocycles. The minimum absolute atomic E-state index is 0.0656. The molecule has 0 saturated carbocycles. The fourth-order valence-electron chi connectivity index (χ4n) is 1.48. The molecule has 0 aromatic heterocycles. The van der Waals surface area contributed by atoms with Crippen molar-refractivity contribution in [1.29, 1.82) is 0 Å². The van der Waals surface area contributed by atoms with E-state index < -0.39 is 12.2 Å². The van der Waals surface area contributed by atoms with Crippen molar-refractivity contribution in [2.24, 2.45) is 0 Å². The topological polar surface area (TPSA) is 89.8 Å². The molecule has 2 atom stereocenters. The summed E-state index contributed by atoms with van der Waals surface area (Å²) in [5.74, 6) is -0.366. The van der Waals surface area contributed by atoms with E-state index in [4.69, 9.17) is 0 Å². The summed E-state index contributed by atoms with van der Waals surface area (Å²) >= 11 is 0. The van der Waals surface area contributed by atoms with Gasteiger partial charge in [0, 0.05) is 19.0 Å². The van der Waals surface area contributed by atoms with Crippen molar-refractivity contribution in [2.75, 3.05) is 6.54 Å². The van der Waals surface area contributed by atoms with Crippen LogP contribution >= 0.6 is 0 Å². The van der Waals surface area contributed by atoms with Gasteiger partial charge in [-0.3, -0.25) is 4.79 Å². The lowest BCUT2D eigenvalue weighted by Crippen LogP contribution is -2.34. The Labute approximate surface area is 99.7 Å². The van der Waals surface area contributed by atoms with Crippen molar-refractivity contribution in [3.8, 4) is 5.75 Å². The summed E-state index contributed by atoms with van der Waals surface area (Å²) in [5.41, 5.74) is 1.12. The van der Waals surface area contributed by atoms with Crippen LogP contribution in [0.5, 0.6) is 5.75 Å². The number of carbonyl (C=O) groups is 1. The van der Waals surface area contributed by atoms with Crippen LogP contribution in [-0.2, 0) is 4.79 Å². The highest BCUT2D eigenvalue weighted by molar-refractivity contribution is 5.72. The van der Waals surface area contributed by atoms with Crippen LogP contribution in [0.2, 0.25) is 0 Å². The van der Waals surface area contributed by atoms with Gasteiger partial charge in [0.15, 0.2) is 0 Å². The summed E-state index contributed by atoms with van der Waals surface area (Å²) in [4.78, 5) is 10.7. The second-order valence-electron chi connectivity index (χ2n) is 4.01. The second-order valence-corrected chi connectivity index (χ2v) is 4.01. The lowest BCUT2D eigenvalue weighted by atomic mass is 10.0. The number of rotatable bonds is 4. The van der Waals surface area contributed by atoms with E-state index in [0.29, 0.717) is 0 Å². The van der Waals surface area contributed by atoms with Gasteiger partial charge in [-0.2, -0.15) is 0 Å². The molecule has 1 rings (SSSR count). The summed E-state index contributed by atoms with van der Waals surface area (Å²) < 4.78 is 0. The first kappa shape index (κ1) is 13.5. The third-order valence-electron chi connectivity index (χ3n) is 2.43. The minimum Gasteiger partial charge on any atom is -0.508 e. The molecular formula is C12H17NO4. The Hall–Kier alpha value is -1.59. The monoisotopic (exact) mass is 239 g/mol. The molecular weight excluding hydrogens is 222 g/mol. The van der Waals surface area contributed by atoms with Gasteiger partial charge in [0.25, 0.3) is 0 Å². The molecule has 5 heteroatoms. The Balaban J connectivity index is 2.77. The third kappa shape index (κ3) is 3.72. The maximum Gasteiger partial charge on any atom is 0.216 e. The van der Waals surface area contributed by atoms with Crippen LogP contribution in [0.25, 0.3) is 0 Å². The van der Waals surface area contributed by atoms with Gasteiger partial charge in [-0.15, -0.1) is 0 Å². The number of carbonyl (C=O) groups excluding carboxylic acids is 1. The maximum absolute atomic E-state index is 10.7. The van der Waals surface area contributed by atoms with E-state index in [9.17, 15) is 20.1 Å². The number of hydrogen-bond donors (Lipinski definition) is 4. The van der Waals surface area contributed by atoms with Gasteiger partial charge in [0.05, 0.1) is 0 Å². The molecule has 94 valence electrons. The minimum atomic E-state index is -1.23. The van der Waals surface area contributed by atoms with E-state index in [2.05, 4.69) is 5.32 Å². The van der Waals surface area contributed by atoms with Gasteiger partial charge < -0.3 is 20.6 Å². The number of amides is 1. The molecule has 5 nitrogen and oxygen atoms in total. The number of aliphatic hydroxyl groups is 2. The van der Waals surface area contributed by atoms with Crippen LogP contribution in [0.4, 0.5) is 0 Å². The molecule has 0 fully saturated rings. The first-order chi connectivity index (χ1) is 7.91. The summed E-state index contributed by atoms with van der Waals surface area (Å²) in [6, 6.07) is 4.75. The van der Waals surface area contributed by atoms with Crippen molar-refractivity contribution in [3.05, 3.63) is 29.3 Å². The molecule has 0 aliphatic rings. The first-order valence-corrected chi connectivity index (χ1v) is 5.32. The zero-order valence-electron chi connectivity index (χ0n) is 9.84. The maximum atomic E-state index is 10.7. The highest BCUT2D eigenvalue weighted by atomic mass is 16.3. The van der Waals surface area contributed by atoms with Crippen molar-refractivity contribution < 1.29 is 20.1 Å². The van der Waals surface area contributed by atoms with Crippen LogP contribution in [-0.4, -0.2) is 33.9 Å². The summed E-state index contributed by atoms with van der Waals surface area (Å²) in [6.45, 7) is 3.07. The number of phenolic OH excluding ortho intramolecular Hbond substituents is 1. The number of aromatic hydroxyl groups is 1. The number of aryl methyl sites for hydroxylation is 1. The van der Waals surface area contributed by atoms with Crippen molar-refractivity contribution >= 4 is 5.91 Å². The number of phenols is 1. The zero-order valence-corrected chi connectivity index (χ0v) is 9.84. The van der Waals surface area contributed by atoms with Crippen LogP contribution in [0, 0.1) is 6.92 Å². The smallest absolute Gasteiger partial charge is 0.216 e. The van der Waals surface area contributed by atoms with E-state index >= 15 is 0 Å². The van der Waals surface area contributed by atoms with Crippen LogP contribution in [0.3, 0.4) is 0 Å². The van der Waals surface area contributed by atoms with Crippen molar-refractivity contribution in [2.45, 2.75) is 26.1 Å². The van der Waals surface area contributed by atoms with Crippen molar-refractivity contribution in [3.63, 3.8) is 0 Å². The molecule has 4 N–H and O–H groups in total. The molecule has 1 amide bonds. The largest absolute Gasteiger partial charge is 0.508 e. The molecule has 0 bridgehead atoms. The van der Waals surface area contributed by atoms with E-state index in [1.54, 1.807) is 12.1 Å². The predicted octanol–water partition coefficient (Wildman–Crippen LogP) is 0.231. The lowest BCUT2D eigenvalue weighted by molar-refractivity contribution is -0.119. The normalized spacial score (nSPS) is 14.1. The van der Waals surface area contributed by atoms with Crippen molar-refractivity contribution in [1.82, 2.24) is 5.32 Å². The molecule has 0 spiro atoms. The molecule has 17 heavy (non-hydrogen) atoms. The summed E-state index contributed by atoms with van der Waals surface area (Å²) in [6.07, 6.45) is -2.40. The molecule has 1 aromatic rings. The predicted molar refractivity (Wildman–Crippen MR) is 62.5 cm³/mol. The number of aliphatic hydroxyl groups excluding tert-OH is 2. The van der Waals surface area contributed by atoms with Crippen LogP contribution < -0.4 is 5.32 Å². The number of benzene rings is 1. The van der Waals surface area contributed by atoms with Gasteiger partial charge >= 0.3 is 0 Å². The Kier molecular flexibility index (Phi) is 4.48. The van der Waals surface area contributed by atoms with Crippen LogP contribution in [0.1, 0.15) is 24.2 Å². The fraction of sp³-hybridized carbons (Fsp3) is 0.417. The lowest BCUT2D eigenvalue weighted by Gasteiger charge is -2.19. The quantitative estimate of drug-likeness (QED) is 0.605. The van der Waals surface area contributed by atoms with Gasteiger partial charge in [-0.1, -0.05) is 11.6 Å². The number of hydrogen-bond acceptors (Lipinski definition) is 4. The molecule has 0 aliphatic carbocycles. The Morgan fingerprint density at radius 2 is 2.06 bits per heavy atom. The molecule has 0 radical (unpaired) electrons. The molecule has 0 heterocycles. The average molecular weight is 239 g/mol. The van der Waals surface area contributed by atoms with Crippen LogP contribution in [0.15, 0.2) is 18.2 Å². The van der Waals surface area contributed by atoms with Gasteiger partial charge in [0.2, 0.25) is 5.91 Å². The van der Waals surface area contributed by atoms with E-state index in [1.807, 2.05) is 6.92 Å². The fourth-order valence-corrected chi connectivity index (χ4v) is 1.48. The molecule has 0 saturated heterocycles. The molecule has 2 unspecified atom stereocenters. The molecule has 0 aliphatic heterocycles. The zero-order chi connectivity index (χ0) is 13.0. The standard InChI is InChI=1S/C12H17NO4/c1-7-3-4-10(15)9(5-7)12(17)11(16)6-13-8(2)14/h3-5,11-12,15-17H,6H2,1-2H3,(H,13,14). The van der Waals surface area contributed by atoms with E-state index in [1.165, 1.54) is 13.0 Å². The Morgan fingerprint density at radius 1 is 1.41 bits per heavy atom. The Morgan fingerprint density at radius 3 is 2.65 bits per heavy atom. The second kappa shape index (κ2) is 5.65. The van der Waals surface area contributed by atoms with Gasteiger partial charge in [-0.05, 0) is 19.1 Å². The highest BCUT2D eigenvalue weighted by Gasteiger charge is 2.21. The average Bonchev–Trinajstić information content (AvgIpc) is 2.28. The summed E-state index contributed by atoms with van der Waals surface area (Å²) in [5, 5.41) is 31.5. The Bertz CT molecular complexity index is 405.